The van der Waals surface area contributed by atoms with E-state index in [9.17, 15) is 9.90 Å². The third-order valence-electron chi connectivity index (χ3n) is 5.78. The predicted molar refractivity (Wildman–Crippen MR) is 109 cm³/mol. The molecule has 2 aliphatic heterocycles. The number of carbonyl (C=O) groups is 1. The summed E-state index contributed by atoms with van der Waals surface area (Å²) in [4.78, 5) is 18.9. The Hall–Kier alpha value is -1.99. The lowest BCUT2D eigenvalue weighted by molar-refractivity contribution is -0.135. The summed E-state index contributed by atoms with van der Waals surface area (Å²) in [5, 5.41) is 13.0. The number of β-amino-alcohol motifs (C(OH)–C–C–N with tert-alkyl or cyclic N) is 1. The number of aliphatic hydroxyl groups is 1. The minimum absolute atomic E-state index is 0.205. The fourth-order valence-corrected chi connectivity index (χ4v) is 4.00. The largest absolute Gasteiger partial charge is 0.387 e. The van der Waals surface area contributed by atoms with E-state index in [2.05, 4.69) is 34.1 Å². The van der Waals surface area contributed by atoms with Crippen LogP contribution in [0.4, 0.5) is 0 Å². The van der Waals surface area contributed by atoms with E-state index < -0.39 is 6.10 Å². The molecule has 28 heavy (non-hydrogen) atoms. The van der Waals surface area contributed by atoms with Crippen molar-refractivity contribution >= 4 is 16.7 Å². The summed E-state index contributed by atoms with van der Waals surface area (Å²) >= 11 is 0. The van der Waals surface area contributed by atoms with Crippen LogP contribution in [0, 0.1) is 0 Å². The third-order valence-corrected chi connectivity index (χ3v) is 5.78. The van der Waals surface area contributed by atoms with Crippen LogP contribution < -0.4 is 0 Å². The number of hydrogen-bond donors (Lipinski definition) is 1. The van der Waals surface area contributed by atoms with Crippen LogP contribution in [-0.2, 0) is 9.53 Å². The molecule has 1 unspecified atom stereocenters. The van der Waals surface area contributed by atoms with Crippen molar-refractivity contribution in [3.8, 4) is 0 Å². The van der Waals surface area contributed by atoms with E-state index in [0.29, 0.717) is 26.3 Å². The maximum Gasteiger partial charge on any atom is 0.236 e. The Labute approximate surface area is 166 Å². The molecule has 6 heteroatoms. The molecule has 2 aromatic carbocycles. The van der Waals surface area contributed by atoms with Crippen LogP contribution in [-0.4, -0.2) is 91.3 Å². The van der Waals surface area contributed by atoms with Crippen molar-refractivity contribution in [3.05, 3.63) is 48.0 Å². The number of hydrogen-bond acceptors (Lipinski definition) is 5. The molecular weight excluding hydrogens is 354 g/mol. The van der Waals surface area contributed by atoms with Gasteiger partial charge in [-0.15, -0.1) is 0 Å². The molecule has 0 saturated carbocycles. The van der Waals surface area contributed by atoms with Crippen molar-refractivity contribution < 1.29 is 14.6 Å². The second kappa shape index (κ2) is 9.01. The van der Waals surface area contributed by atoms with Crippen molar-refractivity contribution in [2.45, 2.75) is 6.10 Å². The number of benzene rings is 2. The number of rotatable bonds is 5. The standard InChI is InChI=1S/C22H29N3O3/c26-21(20-6-5-18-3-1-2-4-19(18)15-20)16-23-7-9-25(10-8-23)22(27)17-24-11-13-28-14-12-24/h1-6,15,21,26H,7-14,16-17H2. The van der Waals surface area contributed by atoms with Crippen molar-refractivity contribution in [2.24, 2.45) is 0 Å². The van der Waals surface area contributed by atoms with Crippen LogP contribution in [0.3, 0.4) is 0 Å². The van der Waals surface area contributed by atoms with Crippen molar-refractivity contribution in [2.75, 3.05) is 65.6 Å². The first kappa shape index (κ1) is 19.3. The van der Waals surface area contributed by atoms with Gasteiger partial charge in [0.1, 0.15) is 0 Å². The molecule has 2 aromatic rings. The molecule has 4 rings (SSSR count). The van der Waals surface area contributed by atoms with Crippen LogP contribution in [0.2, 0.25) is 0 Å². The van der Waals surface area contributed by atoms with E-state index in [4.69, 9.17) is 4.74 Å². The number of carbonyl (C=O) groups excluding carboxylic acids is 1. The fraction of sp³-hybridized carbons (Fsp3) is 0.500. The van der Waals surface area contributed by atoms with Gasteiger partial charge in [0.25, 0.3) is 0 Å². The molecule has 2 saturated heterocycles. The number of amides is 1. The average molecular weight is 383 g/mol. The molecule has 0 radical (unpaired) electrons. The first-order chi connectivity index (χ1) is 13.7. The fourth-order valence-electron chi connectivity index (χ4n) is 4.00. The van der Waals surface area contributed by atoms with E-state index in [1.54, 1.807) is 0 Å². The maximum absolute atomic E-state index is 12.5. The van der Waals surface area contributed by atoms with Crippen LogP contribution in [0.1, 0.15) is 11.7 Å². The molecule has 2 heterocycles. The molecule has 1 atom stereocenters. The van der Waals surface area contributed by atoms with E-state index >= 15 is 0 Å². The maximum atomic E-state index is 12.5. The number of nitrogens with zero attached hydrogens (tertiary/aromatic N) is 3. The van der Waals surface area contributed by atoms with Crippen LogP contribution >= 0.6 is 0 Å². The van der Waals surface area contributed by atoms with Gasteiger partial charge in [0.2, 0.25) is 5.91 Å². The molecule has 0 aromatic heterocycles. The van der Waals surface area contributed by atoms with Crippen molar-refractivity contribution in [1.82, 2.24) is 14.7 Å². The summed E-state index contributed by atoms with van der Waals surface area (Å²) in [6, 6.07) is 14.3. The average Bonchev–Trinajstić information content (AvgIpc) is 2.74. The molecule has 2 fully saturated rings. The topological polar surface area (TPSA) is 56.2 Å². The van der Waals surface area contributed by atoms with Crippen LogP contribution in [0.15, 0.2) is 42.5 Å². The summed E-state index contributed by atoms with van der Waals surface area (Å²) in [5.41, 5.74) is 0.949. The zero-order valence-corrected chi connectivity index (χ0v) is 16.3. The quantitative estimate of drug-likeness (QED) is 0.845. The lowest BCUT2D eigenvalue weighted by atomic mass is 10.0. The van der Waals surface area contributed by atoms with Crippen LogP contribution in [0.25, 0.3) is 10.8 Å². The van der Waals surface area contributed by atoms with Gasteiger partial charge in [0.15, 0.2) is 0 Å². The highest BCUT2D eigenvalue weighted by Crippen LogP contribution is 2.21. The van der Waals surface area contributed by atoms with Gasteiger partial charge >= 0.3 is 0 Å². The normalized spacial score (nSPS) is 20.4. The summed E-state index contributed by atoms with van der Waals surface area (Å²) in [5.74, 6) is 0.205. The highest BCUT2D eigenvalue weighted by molar-refractivity contribution is 5.83. The number of ether oxygens (including phenoxy) is 1. The van der Waals surface area contributed by atoms with Gasteiger partial charge in [-0.1, -0.05) is 36.4 Å². The number of aliphatic hydroxyl groups excluding tert-OH is 1. The Morgan fingerprint density at radius 2 is 1.64 bits per heavy atom. The van der Waals surface area contributed by atoms with E-state index in [-0.39, 0.29) is 5.91 Å². The number of piperazine rings is 1. The van der Waals surface area contributed by atoms with Gasteiger partial charge in [-0.3, -0.25) is 14.6 Å². The highest BCUT2D eigenvalue weighted by Gasteiger charge is 2.24. The third kappa shape index (κ3) is 4.70. The lowest BCUT2D eigenvalue weighted by Gasteiger charge is -2.37. The summed E-state index contributed by atoms with van der Waals surface area (Å²) in [6.45, 7) is 7.27. The van der Waals surface area contributed by atoms with E-state index in [1.165, 1.54) is 5.39 Å². The molecule has 1 amide bonds. The molecule has 150 valence electrons. The summed E-state index contributed by atoms with van der Waals surface area (Å²) in [6.07, 6.45) is -0.514. The summed E-state index contributed by atoms with van der Waals surface area (Å²) in [7, 11) is 0. The van der Waals surface area contributed by atoms with E-state index in [1.807, 2.05) is 23.1 Å². The lowest BCUT2D eigenvalue weighted by Crippen LogP contribution is -2.52. The molecule has 1 N–H and O–H groups in total. The molecular formula is C22H29N3O3. The minimum atomic E-state index is -0.514. The highest BCUT2D eigenvalue weighted by atomic mass is 16.5. The second-order valence-electron chi connectivity index (χ2n) is 7.69. The predicted octanol–water partition coefficient (Wildman–Crippen LogP) is 1.35. The Morgan fingerprint density at radius 1 is 0.929 bits per heavy atom. The molecule has 6 nitrogen and oxygen atoms in total. The molecule has 0 bridgehead atoms. The minimum Gasteiger partial charge on any atom is -0.387 e. The van der Waals surface area contributed by atoms with Gasteiger partial charge < -0.3 is 14.7 Å². The summed E-state index contributed by atoms with van der Waals surface area (Å²) < 4.78 is 5.34. The zero-order chi connectivity index (χ0) is 19.3. The Bertz CT molecular complexity index is 798. The van der Waals surface area contributed by atoms with Crippen molar-refractivity contribution in [3.63, 3.8) is 0 Å². The second-order valence-corrected chi connectivity index (χ2v) is 7.69. The van der Waals surface area contributed by atoms with Gasteiger partial charge in [0.05, 0.1) is 25.9 Å². The molecule has 0 spiro atoms. The van der Waals surface area contributed by atoms with Crippen LogP contribution in [0.5, 0.6) is 0 Å². The van der Waals surface area contributed by atoms with Gasteiger partial charge in [-0.05, 0) is 22.4 Å². The number of morpholine rings is 1. The Morgan fingerprint density at radius 3 is 2.39 bits per heavy atom. The monoisotopic (exact) mass is 383 g/mol. The van der Waals surface area contributed by atoms with Gasteiger partial charge in [-0.2, -0.15) is 0 Å². The van der Waals surface area contributed by atoms with Gasteiger partial charge in [0, 0.05) is 45.8 Å². The Balaban J connectivity index is 1.26. The van der Waals surface area contributed by atoms with Gasteiger partial charge in [-0.25, -0.2) is 0 Å². The molecule has 0 aliphatic carbocycles. The zero-order valence-electron chi connectivity index (χ0n) is 16.3. The molecule has 2 aliphatic rings. The first-order valence-corrected chi connectivity index (χ1v) is 10.2. The van der Waals surface area contributed by atoms with Crippen molar-refractivity contribution in [1.29, 1.82) is 0 Å². The first-order valence-electron chi connectivity index (χ1n) is 10.2. The Kier molecular flexibility index (Phi) is 6.22. The SMILES string of the molecule is O=C(CN1CCOCC1)N1CCN(CC(O)c2ccc3ccccc3c2)CC1. The number of fused-ring (bicyclic) bond motifs is 1. The van der Waals surface area contributed by atoms with E-state index in [0.717, 1.165) is 50.2 Å². The smallest absolute Gasteiger partial charge is 0.236 e.